The minimum atomic E-state index is -0.482. The zero-order valence-corrected chi connectivity index (χ0v) is 10.4. The normalized spacial score (nSPS) is 9.89. The number of aromatic nitrogens is 1. The van der Waals surface area contributed by atoms with Crippen molar-refractivity contribution in [1.82, 2.24) is 9.88 Å². The summed E-state index contributed by atoms with van der Waals surface area (Å²) >= 11 is 0. The molecular weight excluding hydrogens is 236 g/mol. The molecule has 0 saturated carbocycles. The second-order valence-electron chi connectivity index (χ2n) is 3.73. The summed E-state index contributed by atoms with van der Waals surface area (Å²) in [5.74, 6) is -0.925. The van der Waals surface area contributed by atoms with Crippen LogP contribution in [0.25, 0.3) is 0 Å². The van der Waals surface area contributed by atoms with Gasteiger partial charge in [0.25, 0.3) is 5.91 Å². The van der Waals surface area contributed by atoms with Crippen molar-refractivity contribution in [3.63, 3.8) is 0 Å². The van der Waals surface area contributed by atoms with Crippen molar-refractivity contribution < 1.29 is 19.4 Å². The number of nitrogens with zero attached hydrogens (tertiary/aromatic N) is 2. The van der Waals surface area contributed by atoms with E-state index in [9.17, 15) is 14.7 Å². The molecule has 0 saturated heterocycles. The standard InChI is InChI=1S/C12H16N2O4/c1-3-4-14(8-11(16)18-2)12(17)9-5-10(15)7-13-6-9/h5-7,15H,3-4,8H2,1-2H3. The van der Waals surface area contributed by atoms with Gasteiger partial charge in [0.05, 0.1) is 18.9 Å². The van der Waals surface area contributed by atoms with Crippen LogP contribution in [-0.4, -0.2) is 47.1 Å². The van der Waals surface area contributed by atoms with E-state index in [0.717, 1.165) is 6.42 Å². The van der Waals surface area contributed by atoms with Crippen LogP contribution < -0.4 is 0 Å². The molecular formula is C12H16N2O4. The van der Waals surface area contributed by atoms with E-state index in [1.807, 2.05) is 6.92 Å². The van der Waals surface area contributed by atoms with Crippen molar-refractivity contribution in [3.05, 3.63) is 24.0 Å². The maximum absolute atomic E-state index is 12.1. The summed E-state index contributed by atoms with van der Waals surface area (Å²) in [4.78, 5) is 28.4. The van der Waals surface area contributed by atoms with Gasteiger partial charge in [-0.05, 0) is 12.5 Å². The first-order valence-corrected chi connectivity index (χ1v) is 5.58. The number of hydrogen-bond donors (Lipinski definition) is 1. The molecule has 6 nitrogen and oxygen atoms in total. The monoisotopic (exact) mass is 252 g/mol. The van der Waals surface area contributed by atoms with Gasteiger partial charge in [0.15, 0.2) is 0 Å². The molecule has 6 heteroatoms. The lowest BCUT2D eigenvalue weighted by Crippen LogP contribution is -2.36. The molecule has 1 amide bonds. The lowest BCUT2D eigenvalue weighted by molar-refractivity contribution is -0.141. The number of amides is 1. The fourth-order valence-electron chi connectivity index (χ4n) is 1.47. The second kappa shape index (κ2) is 6.58. The van der Waals surface area contributed by atoms with E-state index in [0.29, 0.717) is 6.54 Å². The number of rotatable bonds is 5. The van der Waals surface area contributed by atoms with Crippen LogP contribution in [0.2, 0.25) is 0 Å². The molecule has 1 N–H and O–H groups in total. The van der Waals surface area contributed by atoms with Crippen LogP contribution in [-0.2, 0) is 9.53 Å². The predicted octanol–water partition coefficient (Wildman–Crippen LogP) is 0.812. The summed E-state index contributed by atoms with van der Waals surface area (Å²) in [5, 5.41) is 9.28. The van der Waals surface area contributed by atoms with Gasteiger partial charge in [-0.1, -0.05) is 6.92 Å². The molecule has 0 aromatic carbocycles. The highest BCUT2D eigenvalue weighted by Crippen LogP contribution is 2.11. The fourth-order valence-corrected chi connectivity index (χ4v) is 1.47. The number of carbonyl (C=O) groups excluding carboxylic acids is 2. The minimum absolute atomic E-state index is 0.0876. The molecule has 0 aliphatic rings. The topological polar surface area (TPSA) is 79.7 Å². The molecule has 0 radical (unpaired) electrons. The summed E-state index contributed by atoms with van der Waals surface area (Å²) in [6.07, 6.45) is 3.30. The van der Waals surface area contributed by atoms with E-state index in [2.05, 4.69) is 9.72 Å². The Kier molecular flexibility index (Phi) is 5.10. The molecule has 0 aliphatic heterocycles. The first kappa shape index (κ1) is 14.0. The van der Waals surface area contributed by atoms with E-state index in [1.54, 1.807) is 0 Å². The molecule has 0 atom stereocenters. The number of methoxy groups -OCH3 is 1. The van der Waals surface area contributed by atoms with Crippen LogP contribution in [0.4, 0.5) is 0 Å². The predicted molar refractivity (Wildman–Crippen MR) is 64.1 cm³/mol. The van der Waals surface area contributed by atoms with E-state index in [4.69, 9.17) is 0 Å². The summed E-state index contributed by atoms with van der Waals surface area (Å²) in [5.41, 5.74) is 0.243. The lowest BCUT2D eigenvalue weighted by atomic mass is 10.2. The van der Waals surface area contributed by atoms with Crippen LogP contribution in [0.5, 0.6) is 5.75 Å². The summed E-state index contributed by atoms with van der Waals surface area (Å²) in [7, 11) is 1.27. The number of esters is 1. The molecule has 18 heavy (non-hydrogen) atoms. The van der Waals surface area contributed by atoms with Gasteiger partial charge in [0, 0.05) is 12.7 Å². The zero-order chi connectivity index (χ0) is 13.5. The van der Waals surface area contributed by atoms with Crippen LogP contribution in [0.3, 0.4) is 0 Å². The third-order valence-electron chi connectivity index (χ3n) is 2.30. The highest BCUT2D eigenvalue weighted by Gasteiger charge is 2.19. The maximum atomic E-state index is 12.1. The van der Waals surface area contributed by atoms with E-state index in [1.165, 1.54) is 30.5 Å². The van der Waals surface area contributed by atoms with E-state index < -0.39 is 5.97 Å². The highest BCUT2D eigenvalue weighted by atomic mass is 16.5. The quantitative estimate of drug-likeness (QED) is 0.784. The average Bonchev–Trinajstić information content (AvgIpc) is 2.37. The number of pyridine rings is 1. The van der Waals surface area contributed by atoms with Crippen molar-refractivity contribution in [3.8, 4) is 5.75 Å². The molecule has 1 rings (SSSR count). The Morgan fingerprint density at radius 1 is 1.44 bits per heavy atom. The largest absolute Gasteiger partial charge is 0.506 e. The number of aromatic hydroxyl groups is 1. The molecule has 98 valence electrons. The molecule has 1 heterocycles. The Morgan fingerprint density at radius 2 is 2.17 bits per heavy atom. The van der Waals surface area contributed by atoms with Gasteiger partial charge in [-0.25, -0.2) is 0 Å². The molecule has 0 aliphatic carbocycles. The number of carbonyl (C=O) groups is 2. The third-order valence-corrected chi connectivity index (χ3v) is 2.30. The van der Waals surface area contributed by atoms with Crippen LogP contribution in [0, 0.1) is 0 Å². The van der Waals surface area contributed by atoms with E-state index >= 15 is 0 Å². The van der Waals surface area contributed by atoms with Gasteiger partial charge >= 0.3 is 5.97 Å². The van der Waals surface area contributed by atoms with Crippen LogP contribution in [0.15, 0.2) is 18.5 Å². The Balaban J connectivity index is 2.85. The van der Waals surface area contributed by atoms with Gasteiger partial charge < -0.3 is 14.7 Å². The molecule has 0 spiro atoms. The Morgan fingerprint density at radius 3 is 2.72 bits per heavy atom. The van der Waals surface area contributed by atoms with E-state index in [-0.39, 0.29) is 23.8 Å². The number of ether oxygens (including phenoxy) is 1. The van der Waals surface area contributed by atoms with Crippen molar-refractivity contribution >= 4 is 11.9 Å². The molecule has 1 aromatic heterocycles. The van der Waals surface area contributed by atoms with Crippen molar-refractivity contribution in [2.45, 2.75) is 13.3 Å². The zero-order valence-electron chi connectivity index (χ0n) is 10.4. The first-order chi connectivity index (χ1) is 8.58. The lowest BCUT2D eigenvalue weighted by Gasteiger charge is -2.20. The second-order valence-corrected chi connectivity index (χ2v) is 3.73. The van der Waals surface area contributed by atoms with Gasteiger partial charge in [-0.15, -0.1) is 0 Å². The van der Waals surface area contributed by atoms with Gasteiger partial charge in [-0.3, -0.25) is 14.6 Å². The Bertz CT molecular complexity index is 434. The summed E-state index contributed by atoms with van der Waals surface area (Å²) in [6.45, 7) is 2.22. The van der Waals surface area contributed by atoms with Crippen molar-refractivity contribution in [2.24, 2.45) is 0 Å². The summed E-state index contributed by atoms with van der Waals surface area (Å²) < 4.78 is 4.54. The first-order valence-electron chi connectivity index (χ1n) is 5.58. The van der Waals surface area contributed by atoms with Crippen LogP contribution in [0.1, 0.15) is 23.7 Å². The smallest absolute Gasteiger partial charge is 0.325 e. The third kappa shape index (κ3) is 3.73. The highest BCUT2D eigenvalue weighted by molar-refractivity contribution is 5.96. The molecule has 1 aromatic rings. The van der Waals surface area contributed by atoms with Crippen molar-refractivity contribution in [2.75, 3.05) is 20.2 Å². The Hall–Kier alpha value is -2.11. The minimum Gasteiger partial charge on any atom is -0.506 e. The molecule has 0 bridgehead atoms. The number of hydrogen-bond acceptors (Lipinski definition) is 5. The van der Waals surface area contributed by atoms with Crippen LogP contribution >= 0.6 is 0 Å². The average molecular weight is 252 g/mol. The SMILES string of the molecule is CCCN(CC(=O)OC)C(=O)c1cncc(O)c1. The van der Waals surface area contributed by atoms with Gasteiger partial charge in [-0.2, -0.15) is 0 Å². The van der Waals surface area contributed by atoms with Crippen molar-refractivity contribution in [1.29, 1.82) is 0 Å². The fraction of sp³-hybridized carbons (Fsp3) is 0.417. The maximum Gasteiger partial charge on any atom is 0.325 e. The van der Waals surface area contributed by atoms with Gasteiger partial charge in [0.1, 0.15) is 12.3 Å². The van der Waals surface area contributed by atoms with Gasteiger partial charge in [0.2, 0.25) is 0 Å². The molecule has 0 unspecified atom stereocenters. The summed E-state index contributed by atoms with van der Waals surface area (Å²) in [6, 6.07) is 1.31. The Labute approximate surface area is 105 Å². The molecule has 0 fully saturated rings.